The first-order valence-corrected chi connectivity index (χ1v) is 14.5. The third-order valence-electron chi connectivity index (χ3n) is 6.06. The van der Waals surface area contributed by atoms with E-state index in [-0.39, 0.29) is 0 Å². The lowest BCUT2D eigenvalue weighted by Gasteiger charge is -2.23. The van der Waals surface area contributed by atoms with Crippen LogP contribution < -0.4 is 5.19 Å². The highest BCUT2D eigenvalue weighted by Crippen LogP contribution is 2.20. The van der Waals surface area contributed by atoms with Gasteiger partial charge < -0.3 is 9.64 Å². The Balaban J connectivity index is 1.98. The van der Waals surface area contributed by atoms with Gasteiger partial charge in [0.05, 0.1) is 0 Å². The van der Waals surface area contributed by atoms with Crippen LogP contribution in [-0.4, -0.2) is 46.2 Å². The van der Waals surface area contributed by atoms with Crippen LogP contribution in [0.15, 0.2) is 61.2 Å². The lowest BCUT2D eigenvalue weighted by Crippen LogP contribution is -2.36. The van der Waals surface area contributed by atoms with Crippen molar-refractivity contribution in [2.75, 3.05) is 32.5 Å². The van der Waals surface area contributed by atoms with Crippen molar-refractivity contribution in [2.24, 2.45) is 0 Å². The maximum absolute atomic E-state index is 5.91. The summed E-state index contributed by atoms with van der Waals surface area (Å²) in [6.45, 7) is 15.6. The zero-order valence-electron chi connectivity index (χ0n) is 20.1. The molecule has 170 valence electrons. The van der Waals surface area contributed by atoms with Gasteiger partial charge in [-0.2, -0.15) is 0 Å². The summed E-state index contributed by atoms with van der Waals surface area (Å²) in [7, 11) is -1.13. The van der Waals surface area contributed by atoms with Crippen LogP contribution in [0.1, 0.15) is 64.0 Å². The van der Waals surface area contributed by atoms with E-state index in [1.54, 1.807) is 0 Å². The molecule has 1 unspecified atom stereocenters. The number of ether oxygens (including phenoxy) is 1. The first-order valence-electron chi connectivity index (χ1n) is 12.3. The second-order valence-electron chi connectivity index (χ2n) is 8.51. The van der Waals surface area contributed by atoms with Gasteiger partial charge in [-0.15, -0.1) is 0 Å². The Bertz CT molecular complexity index is 720. The molecule has 2 rings (SSSR count). The molecule has 31 heavy (non-hydrogen) atoms. The van der Waals surface area contributed by atoms with Crippen molar-refractivity contribution in [3.8, 4) is 0 Å². The van der Waals surface area contributed by atoms with Gasteiger partial charge in [-0.25, -0.2) is 0 Å². The van der Waals surface area contributed by atoms with E-state index >= 15 is 0 Å². The number of hydrogen-bond donors (Lipinski definition) is 0. The molecule has 0 bridgehead atoms. The molecule has 0 aliphatic carbocycles. The number of hydrogen-bond acceptors (Lipinski definition) is 2. The summed E-state index contributed by atoms with van der Waals surface area (Å²) in [5.41, 5.74) is 3.50. The Kier molecular flexibility index (Phi) is 12.5. The summed E-state index contributed by atoms with van der Waals surface area (Å²) in [5.74, 6) is 0. The van der Waals surface area contributed by atoms with Crippen LogP contribution in [0.4, 0.5) is 0 Å². The molecule has 0 saturated heterocycles. The summed E-state index contributed by atoms with van der Waals surface area (Å²) in [4.78, 5) is 2.69. The zero-order valence-corrected chi connectivity index (χ0v) is 21.3. The molecule has 0 N–H and O–H groups in total. The van der Waals surface area contributed by atoms with Gasteiger partial charge in [0.25, 0.3) is 0 Å². The van der Waals surface area contributed by atoms with E-state index in [2.05, 4.69) is 86.8 Å². The fourth-order valence-electron chi connectivity index (χ4n) is 4.03. The molecular formula is C28H43NOSi. The number of unbranched alkanes of at least 4 members (excludes halogenated alkanes) is 2. The standard InChI is InChI=1S/C28H43NOSi/c1-5-8-20-29(21-9-6-2)22-13-23-31(24-30-7-3)28-18-16-27(17-19-28)25(4)26-14-11-10-12-15-26/h10-12,14-19,31H,4-9,13,20-24H2,1-3H3. The third kappa shape index (κ3) is 9.14. The fraction of sp³-hybridized carbons (Fsp3) is 0.500. The highest BCUT2D eigenvalue weighted by atomic mass is 28.3. The molecule has 3 heteroatoms. The van der Waals surface area contributed by atoms with Gasteiger partial charge in [0.1, 0.15) is 8.80 Å². The van der Waals surface area contributed by atoms with Crippen LogP contribution in [0.2, 0.25) is 6.04 Å². The van der Waals surface area contributed by atoms with E-state index in [4.69, 9.17) is 4.74 Å². The van der Waals surface area contributed by atoms with Crippen LogP contribution >= 0.6 is 0 Å². The van der Waals surface area contributed by atoms with Gasteiger partial charge in [0, 0.05) is 12.8 Å². The number of benzene rings is 2. The lowest BCUT2D eigenvalue weighted by atomic mass is 10.00. The molecule has 0 spiro atoms. The molecule has 0 aliphatic rings. The molecule has 1 atom stereocenters. The van der Waals surface area contributed by atoms with Crippen LogP contribution in [0.3, 0.4) is 0 Å². The Morgan fingerprint density at radius 2 is 1.39 bits per heavy atom. The average Bonchev–Trinajstić information content (AvgIpc) is 2.82. The number of nitrogens with zero attached hydrogens (tertiary/aromatic N) is 1. The molecule has 2 nitrogen and oxygen atoms in total. The molecule has 0 aromatic heterocycles. The summed E-state index contributed by atoms with van der Waals surface area (Å²) in [5, 5.41) is 1.52. The monoisotopic (exact) mass is 437 g/mol. The Labute approximate surface area is 192 Å². The van der Waals surface area contributed by atoms with E-state index in [9.17, 15) is 0 Å². The minimum Gasteiger partial charge on any atom is -0.385 e. The fourth-order valence-corrected chi connectivity index (χ4v) is 6.65. The molecule has 0 radical (unpaired) electrons. The first kappa shape index (κ1) is 25.6. The van der Waals surface area contributed by atoms with Crippen molar-refractivity contribution in [1.82, 2.24) is 4.90 Å². The van der Waals surface area contributed by atoms with Crippen molar-refractivity contribution >= 4 is 19.6 Å². The van der Waals surface area contributed by atoms with Crippen LogP contribution in [0.5, 0.6) is 0 Å². The molecule has 0 saturated carbocycles. The van der Waals surface area contributed by atoms with Gasteiger partial charge in [-0.05, 0) is 62.5 Å². The van der Waals surface area contributed by atoms with E-state index < -0.39 is 8.80 Å². The van der Waals surface area contributed by atoms with Crippen molar-refractivity contribution in [2.45, 2.75) is 58.9 Å². The van der Waals surface area contributed by atoms with E-state index in [0.717, 1.165) is 18.4 Å². The Morgan fingerprint density at radius 1 is 0.806 bits per heavy atom. The van der Waals surface area contributed by atoms with Crippen LogP contribution in [-0.2, 0) is 4.74 Å². The van der Waals surface area contributed by atoms with Crippen molar-refractivity contribution in [1.29, 1.82) is 0 Å². The van der Waals surface area contributed by atoms with Gasteiger partial charge in [0.15, 0.2) is 0 Å². The van der Waals surface area contributed by atoms with Gasteiger partial charge in [0.2, 0.25) is 0 Å². The van der Waals surface area contributed by atoms with Crippen molar-refractivity contribution in [3.63, 3.8) is 0 Å². The Hall–Kier alpha value is -1.68. The van der Waals surface area contributed by atoms with Crippen molar-refractivity contribution in [3.05, 3.63) is 72.3 Å². The minimum absolute atomic E-state index is 0.811. The second kappa shape index (κ2) is 15.2. The maximum Gasteiger partial charge on any atom is 0.100 e. The van der Waals surface area contributed by atoms with Crippen LogP contribution in [0, 0.1) is 0 Å². The summed E-state index contributed by atoms with van der Waals surface area (Å²) in [6, 6.07) is 21.0. The average molecular weight is 438 g/mol. The molecule has 2 aromatic carbocycles. The molecular weight excluding hydrogens is 394 g/mol. The molecule has 0 heterocycles. The summed E-state index contributed by atoms with van der Waals surface area (Å²) in [6.07, 6.45) is 7.43. The van der Waals surface area contributed by atoms with Crippen molar-refractivity contribution < 1.29 is 4.74 Å². The smallest absolute Gasteiger partial charge is 0.100 e. The predicted octanol–water partition coefficient (Wildman–Crippen LogP) is 6.05. The molecule has 0 amide bonds. The molecule has 0 aliphatic heterocycles. The predicted molar refractivity (Wildman–Crippen MR) is 140 cm³/mol. The molecule has 0 fully saturated rings. The summed E-state index contributed by atoms with van der Waals surface area (Å²) < 4.78 is 5.91. The van der Waals surface area contributed by atoms with E-state index in [1.165, 1.54) is 74.1 Å². The highest BCUT2D eigenvalue weighted by molar-refractivity contribution is 6.73. The van der Waals surface area contributed by atoms with E-state index in [1.807, 2.05) is 0 Å². The normalized spacial score (nSPS) is 12.3. The largest absolute Gasteiger partial charge is 0.385 e. The minimum atomic E-state index is -1.13. The SMILES string of the molecule is C=C(c1ccccc1)c1ccc([SiH](CCCN(CCCC)CCCC)COCC)cc1. The van der Waals surface area contributed by atoms with Gasteiger partial charge in [-0.1, -0.05) is 99.1 Å². The molecule has 2 aromatic rings. The van der Waals surface area contributed by atoms with E-state index in [0.29, 0.717) is 0 Å². The number of rotatable bonds is 16. The maximum atomic E-state index is 5.91. The Morgan fingerprint density at radius 3 is 1.97 bits per heavy atom. The van der Waals surface area contributed by atoms with Gasteiger partial charge in [-0.3, -0.25) is 0 Å². The summed E-state index contributed by atoms with van der Waals surface area (Å²) >= 11 is 0. The quantitative estimate of drug-likeness (QED) is 0.296. The highest BCUT2D eigenvalue weighted by Gasteiger charge is 2.15. The first-order chi connectivity index (χ1) is 15.2. The second-order valence-corrected chi connectivity index (χ2v) is 11.5. The topological polar surface area (TPSA) is 12.5 Å². The lowest BCUT2D eigenvalue weighted by molar-refractivity contribution is 0.191. The zero-order chi connectivity index (χ0) is 22.3. The third-order valence-corrected chi connectivity index (χ3v) is 9.13. The van der Waals surface area contributed by atoms with Crippen LogP contribution in [0.25, 0.3) is 5.57 Å². The van der Waals surface area contributed by atoms with Gasteiger partial charge >= 0.3 is 0 Å².